The number of carbonyl (C=O) groups is 2. The Morgan fingerprint density at radius 3 is 2.44 bits per heavy atom. The van der Waals surface area contributed by atoms with Crippen molar-refractivity contribution in [1.82, 2.24) is 15.5 Å². The molecule has 3 rings (SSSR count). The summed E-state index contributed by atoms with van der Waals surface area (Å²) in [6.07, 6.45) is 2.75. The van der Waals surface area contributed by atoms with Crippen LogP contribution in [0.2, 0.25) is 0 Å². The zero-order chi connectivity index (χ0) is 23.3. The van der Waals surface area contributed by atoms with Gasteiger partial charge in [-0.1, -0.05) is 49.4 Å². The van der Waals surface area contributed by atoms with Crippen molar-refractivity contribution in [3.8, 4) is 0 Å². The first-order valence-corrected chi connectivity index (χ1v) is 12.2. The zero-order valence-electron chi connectivity index (χ0n) is 19.6. The molecule has 0 saturated carbocycles. The lowest BCUT2D eigenvalue weighted by Gasteiger charge is -2.24. The number of benzene rings is 2. The van der Waals surface area contributed by atoms with E-state index in [1.807, 2.05) is 50.4 Å². The summed E-state index contributed by atoms with van der Waals surface area (Å²) in [6, 6.07) is 15.4. The summed E-state index contributed by atoms with van der Waals surface area (Å²) in [5.74, 6) is 0.148. The van der Waals surface area contributed by atoms with Crippen molar-refractivity contribution in [3.63, 3.8) is 0 Å². The number of nitrogens with zero attached hydrogens (tertiary/aromatic N) is 1. The van der Waals surface area contributed by atoms with E-state index in [4.69, 9.17) is 0 Å². The minimum Gasteiger partial charge on any atom is -0.391 e. The quantitative estimate of drug-likeness (QED) is 0.654. The average Bonchev–Trinajstić information content (AvgIpc) is 3.20. The number of rotatable bonds is 7. The predicted molar refractivity (Wildman–Crippen MR) is 133 cm³/mol. The Kier molecular flexibility index (Phi) is 8.02. The number of aryl methyl sites for hydroxylation is 1. The van der Waals surface area contributed by atoms with Crippen molar-refractivity contribution in [2.45, 2.75) is 39.8 Å². The molecule has 2 aromatic carbocycles. The molecule has 1 aliphatic rings. The number of nitrogens with one attached hydrogen (secondary N) is 2. The first-order valence-electron chi connectivity index (χ1n) is 11.0. The monoisotopic (exact) mass is 451 g/mol. The molecule has 5 nitrogen and oxygen atoms in total. The lowest BCUT2D eigenvalue weighted by atomic mass is 10.1. The summed E-state index contributed by atoms with van der Waals surface area (Å²) in [4.78, 5) is 29.1. The van der Waals surface area contributed by atoms with Crippen LogP contribution in [0.25, 0.3) is 4.91 Å². The summed E-state index contributed by atoms with van der Waals surface area (Å²) in [5, 5.41) is 6.25. The van der Waals surface area contributed by atoms with Gasteiger partial charge in [-0.15, -0.1) is 11.8 Å². The van der Waals surface area contributed by atoms with E-state index in [-0.39, 0.29) is 11.8 Å². The van der Waals surface area contributed by atoms with E-state index in [1.54, 1.807) is 16.7 Å². The van der Waals surface area contributed by atoms with E-state index in [2.05, 4.69) is 42.9 Å². The molecule has 2 amide bonds. The highest BCUT2D eigenvalue weighted by Gasteiger charge is 2.38. The molecule has 170 valence electrons. The van der Waals surface area contributed by atoms with Gasteiger partial charge in [-0.25, -0.2) is 0 Å². The van der Waals surface area contributed by atoms with Crippen molar-refractivity contribution in [2.75, 3.05) is 19.8 Å². The fraction of sp³-hybridized carbons (Fsp3) is 0.385. The van der Waals surface area contributed by atoms with E-state index in [0.717, 1.165) is 22.4 Å². The van der Waals surface area contributed by atoms with Gasteiger partial charge in [0.25, 0.3) is 5.91 Å². The molecule has 1 heterocycles. The highest BCUT2D eigenvalue weighted by Crippen LogP contribution is 2.28. The molecule has 32 heavy (non-hydrogen) atoms. The van der Waals surface area contributed by atoms with Crippen LogP contribution in [0, 0.1) is 12.8 Å². The van der Waals surface area contributed by atoms with E-state index in [0.29, 0.717) is 31.0 Å². The second-order valence-corrected chi connectivity index (χ2v) is 9.27. The number of carbonyl (C=O) groups excluding carboxylic acids is 2. The largest absolute Gasteiger partial charge is 0.391 e. The van der Waals surface area contributed by atoms with Crippen LogP contribution in [0.5, 0.6) is 0 Å². The second kappa shape index (κ2) is 10.7. The molecule has 2 aromatic rings. The maximum atomic E-state index is 13.1. The first kappa shape index (κ1) is 23.9. The van der Waals surface area contributed by atoms with Crippen molar-refractivity contribution in [3.05, 3.63) is 76.5 Å². The maximum Gasteiger partial charge on any atom is 0.254 e. The van der Waals surface area contributed by atoms with E-state index in [9.17, 15) is 9.59 Å². The molecule has 0 aliphatic carbocycles. The highest BCUT2D eigenvalue weighted by atomic mass is 32.2. The third-order valence-electron chi connectivity index (χ3n) is 6.05. The van der Waals surface area contributed by atoms with Crippen LogP contribution < -0.4 is 10.6 Å². The molecule has 2 N–H and O–H groups in total. The molecule has 6 heteroatoms. The van der Waals surface area contributed by atoms with Gasteiger partial charge >= 0.3 is 0 Å². The van der Waals surface area contributed by atoms with E-state index in [1.165, 1.54) is 4.91 Å². The summed E-state index contributed by atoms with van der Waals surface area (Å²) >= 11 is 1.71. The molecule has 1 aliphatic heterocycles. The predicted octanol–water partition coefficient (Wildman–Crippen LogP) is 4.43. The Bertz CT molecular complexity index is 1000. The number of allylic oxidation sites excluding steroid dienone is 1. The molecular formula is C26H33N3O2S. The smallest absolute Gasteiger partial charge is 0.254 e. The maximum absolute atomic E-state index is 13.1. The topological polar surface area (TPSA) is 61.4 Å². The van der Waals surface area contributed by atoms with Gasteiger partial charge in [0, 0.05) is 36.3 Å². The molecule has 0 aromatic heterocycles. The fourth-order valence-electron chi connectivity index (χ4n) is 4.17. The number of thioether (sulfide) groups is 1. The van der Waals surface area contributed by atoms with Crippen LogP contribution >= 0.6 is 11.8 Å². The minimum atomic E-state index is -0.430. The van der Waals surface area contributed by atoms with Crippen LogP contribution in [-0.4, -0.2) is 42.6 Å². The van der Waals surface area contributed by atoms with Gasteiger partial charge < -0.3 is 15.5 Å². The Labute approximate surface area is 195 Å². The van der Waals surface area contributed by atoms with E-state index >= 15 is 0 Å². The van der Waals surface area contributed by atoms with Gasteiger partial charge in [0.1, 0.15) is 6.04 Å². The van der Waals surface area contributed by atoms with Crippen LogP contribution in [0.1, 0.15) is 47.3 Å². The van der Waals surface area contributed by atoms with Crippen molar-refractivity contribution in [1.29, 1.82) is 0 Å². The molecule has 1 fully saturated rings. The molecule has 0 unspecified atom stereocenters. The SMILES string of the molecule is CN/C(C)=C(\SC)c1ccc(CNC(=O)[C@@H]2C[C@@H](C)CN2C(=O)c2ccccc2C)cc1. The number of hydrogen-bond acceptors (Lipinski definition) is 4. The average molecular weight is 452 g/mol. The van der Waals surface area contributed by atoms with Crippen LogP contribution in [0.3, 0.4) is 0 Å². The van der Waals surface area contributed by atoms with Gasteiger partial charge in [0.15, 0.2) is 0 Å². The van der Waals surface area contributed by atoms with Crippen LogP contribution in [-0.2, 0) is 11.3 Å². The van der Waals surface area contributed by atoms with Crippen molar-refractivity contribution < 1.29 is 9.59 Å². The molecule has 0 radical (unpaired) electrons. The summed E-state index contributed by atoms with van der Waals surface area (Å²) < 4.78 is 0. The lowest BCUT2D eigenvalue weighted by molar-refractivity contribution is -0.125. The first-order chi connectivity index (χ1) is 15.3. The van der Waals surface area contributed by atoms with Crippen LogP contribution in [0.15, 0.2) is 54.2 Å². The second-order valence-electron chi connectivity index (χ2n) is 8.45. The van der Waals surface area contributed by atoms with Crippen molar-refractivity contribution in [2.24, 2.45) is 5.92 Å². The standard InChI is InChI=1S/C26H33N3O2S/c1-17-14-23(29(16-17)26(31)22-9-7-6-8-18(22)2)25(30)28-15-20-10-12-21(13-11-20)24(32-5)19(3)27-4/h6-13,17,23,27H,14-16H2,1-5H3,(H,28,30)/b24-19-/t17-,23+/m1/s1. The number of amides is 2. The Balaban J connectivity index is 1.67. The van der Waals surface area contributed by atoms with Gasteiger partial charge in [-0.2, -0.15) is 0 Å². The summed E-state index contributed by atoms with van der Waals surface area (Å²) in [6.45, 7) is 7.14. The fourth-order valence-corrected chi connectivity index (χ4v) is 4.95. The Morgan fingerprint density at radius 2 is 1.81 bits per heavy atom. The number of hydrogen-bond donors (Lipinski definition) is 2. The van der Waals surface area contributed by atoms with E-state index < -0.39 is 6.04 Å². The van der Waals surface area contributed by atoms with Crippen LogP contribution in [0.4, 0.5) is 0 Å². The molecule has 1 saturated heterocycles. The molecule has 0 bridgehead atoms. The van der Waals surface area contributed by atoms with Crippen molar-refractivity contribution >= 4 is 28.5 Å². The molecule has 0 spiro atoms. The third kappa shape index (κ3) is 5.36. The van der Waals surface area contributed by atoms with Gasteiger partial charge in [-0.3, -0.25) is 9.59 Å². The summed E-state index contributed by atoms with van der Waals surface area (Å²) in [5.41, 5.74) is 4.92. The molecule has 2 atom stereocenters. The Hall–Kier alpha value is -2.73. The number of likely N-dealkylation sites (tertiary alicyclic amines) is 1. The van der Waals surface area contributed by atoms with Gasteiger partial charge in [0.2, 0.25) is 5.91 Å². The minimum absolute atomic E-state index is 0.0618. The van der Waals surface area contributed by atoms with Gasteiger partial charge in [-0.05, 0) is 55.2 Å². The van der Waals surface area contributed by atoms with Gasteiger partial charge in [0.05, 0.1) is 0 Å². The summed E-state index contributed by atoms with van der Waals surface area (Å²) in [7, 11) is 1.92. The Morgan fingerprint density at radius 1 is 1.12 bits per heavy atom. The molecular weight excluding hydrogens is 418 g/mol. The third-order valence-corrected chi connectivity index (χ3v) is 7.00. The normalized spacial score (nSPS) is 18.8. The zero-order valence-corrected chi connectivity index (χ0v) is 20.4. The lowest BCUT2D eigenvalue weighted by Crippen LogP contribution is -2.45. The highest BCUT2D eigenvalue weighted by molar-refractivity contribution is 8.07.